The molecule has 0 saturated heterocycles. The highest BCUT2D eigenvalue weighted by Gasteiger charge is 2.22. The molecule has 2 nitrogen and oxygen atoms in total. The van der Waals surface area contributed by atoms with Gasteiger partial charge in [-0.25, -0.2) is 0 Å². The Hall–Kier alpha value is -1.02. The van der Waals surface area contributed by atoms with Crippen LogP contribution in [0.5, 0.6) is 0 Å². The van der Waals surface area contributed by atoms with Gasteiger partial charge in [-0.2, -0.15) is 0 Å². The van der Waals surface area contributed by atoms with Crippen LogP contribution < -0.4 is 10.2 Å². The van der Waals surface area contributed by atoms with E-state index >= 15 is 0 Å². The summed E-state index contributed by atoms with van der Waals surface area (Å²) in [4.78, 5) is 2.65. The maximum atomic E-state index is 3.61. The highest BCUT2D eigenvalue weighted by Crippen LogP contribution is 2.30. The zero-order valence-corrected chi connectivity index (χ0v) is 13.7. The average molecular weight is 286 g/mol. The van der Waals surface area contributed by atoms with Gasteiger partial charge in [-0.3, -0.25) is 0 Å². The third kappa shape index (κ3) is 3.79. The largest absolute Gasteiger partial charge is 0.369 e. The molecule has 2 heteroatoms. The minimum absolute atomic E-state index is 0.762. The van der Waals surface area contributed by atoms with Gasteiger partial charge in [0, 0.05) is 30.9 Å². The Morgan fingerprint density at radius 2 is 1.86 bits per heavy atom. The van der Waals surface area contributed by atoms with Crippen molar-refractivity contribution >= 4 is 5.69 Å². The van der Waals surface area contributed by atoms with E-state index < -0.39 is 0 Å². The summed E-state index contributed by atoms with van der Waals surface area (Å²) >= 11 is 0. The Morgan fingerprint density at radius 1 is 1.10 bits per heavy atom. The number of nitrogens with zero attached hydrogens (tertiary/aromatic N) is 1. The fourth-order valence-corrected chi connectivity index (χ4v) is 3.72. The molecule has 116 valence electrons. The first kappa shape index (κ1) is 14.9. The first-order valence-corrected chi connectivity index (χ1v) is 8.87. The Labute approximate surface area is 129 Å². The molecule has 0 spiro atoms. The first-order chi connectivity index (χ1) is 10.3. The minimum atomic E-state index is 0.762. The van der Waals surface area contributed by atoms with Gasteiger partial charge in [0.25, 0.3) is 0 Å². The number of nitrogens with one attached hydrogen (secondary N) is 1. The predicted molar refractivity (Wildman–Crippen MR) is 90.9 cm³/mol. The fourth-order valence-electron chi connectivity index (χ4n) is 3.72. The Bertz CT molecular complexity index is 459. The topological polar surface area (TPSA) is 15.3 Å². The van der Waals surface area contributed by atoms with Crippen molar-refractivity contribution in [2.24, 2.45) is 0 Å². The number of hydrogen-bond donors (Lipinski definition) is 1. The van der Waals surface area contributed by atoms with Crippen molar-refractivity contribution in [2.75, 3.05) is 11.4 Å². The van der Waals surface area contributed by atoms with Gasteiger partial charge in [-0.15, -0.1) is 0 Å². The SMILES string of the molecule is CCN(c1ccc(CNC2CC2)cc1C)C1CCCCC1. The van der Waals surface area contributed by atoms with Crippen molar-refractivity contribution in [2.45, 2.75) is 77.4 Å². The van der Waals surface area contributed by atoms with E-state index in [1.807, 2.05) is 0 Å². The summed E-state index contributed by atoms with van der Waals surface area (Å²) in [5.41, 5.74) is 4.33. The quantitative estimate of drug-likeness (QED) is 0.833. The number of hydrogen-bond acceptors (Lipinski definition) is 2. The van der Waals surface area contributed by atoms with Crippen LogP contribution in [0.2, 0.25) is 0 Å². The van der Waals surface area contributed by atoms with Crippen molar-refractivity contribution < 1.29 is 0 Å². The van der Waals surface area contributed by atoms with Gasteiger partial charge in [0.05, 0.1) is 0 Å². The van der Waals surface area contributed by atoms with E-state index in [0.717, 1.165) is 25.2 Å². The lowest BCUT2D eigenvalue weighted by molar-refractivity contribution is 0.418. The molecule has 0 heterocycles. The van der Waals surface area contributed by atoms with Crippen LogP contribution in [0.4, 0.5) is 5.69 Å². The second-order valence-electron chi connectivity index (χ2n) is 6.85. The van der Waals surface area contributed by atoms with Gasteiger partial charge in [0.1, 0.15) is 0 Å². The second kappa shape index (κ2) is 6.83. The Balaban J connectivity index is 1.69. The van der Waals surface area contributed by atoms with Crippen molar-refractivity contribution in [1.29, 1.82) is 0 Å². The molecule has 2 aliphatic carbocycles. The van der Waals surface area contributed by atoms with Crippen LogP contribution >= 0.6 is 0 Å². The molecule has 0 aliphatic heterocycles. The molecule has 0 bridgehead atoms. The number of rotatable bonds is 6. The lowest BCUT2D eigenvalue weighted by Gasteiger charge is -2.36. The maximum Gasteiger partial charge on any atom is 0.0398 e. The summed E-state index contributed by atoms with van der Waals surface area (Å²) in [7, 11) is 0. The Kier molecular flexibility index (Phi) is 4.84. The maximum absolute atomic E-state index is 3.61. The molecular weight excluding hydrogens is 256 g/mol. The molecule has 1 aromatic carbocycles. The predicted octanol–water partition coefficient (Wildman–Crippen LogP) is 4.41. The zero-order valence-electron chi connectivity index (χ0n) is 13.7. The van der Waals surface area contributed by atoms with Crippen LogP contribution in [-0.4, -0.2) is 18.6 Å². The fraction of sp³-hybridized carbons (Fsp3) is 0.684. The van der Waals surface area contributed by atoms with Gasteiger partial charge >= 0.3 is 0 Å². The van der Waals surface area contributed by atoms with Crippen LogP contribution in [0.1, 0.15) is 63.0 Å². The second-order valence-corrected chi connectivity index (χ2v) is 6.85. The summed E-state index contributed by atoms with van der Waals surface area (Å²) in [6, 6.07) is 8.62. The summed E-state index contributed by atoms with van der Waals surface area (Å²) in [5.74, 6) is 0. The smallest absolute Gasteiger partial charge is 0.0398 e. The van der Waals surface area contributed by atoms with E-state index in [-0.39, 0.29) is 0 Å². The van der Waals surface area contributed by atoms with Crippen LogP contribution in [0.15, 0.2) is 18.2 Å². The number of aryl methyl sites for hydroxylation is 1. The average Bonchev–Trinajstić information content (AvgIpc) is 3.33. The van der Waals surface area contributed by atoms with Crippen molar-refractivity contribution in [1.82, 2.24) is 5.32 Å². The molecule has 0 unspecified atom stereocenters. The molecule has 2 aliphatic rings. The lowest BCUT2D eigenvalue weighted by Crippen LogP contribution is -2.37. The molecule has 2 saturated carbocycles. The van der Waals surface area contributed by atoms with E-state index in [9.17, 15) is 0 Å². The van der Waals surface area contributed by atoms with Crippen molar-refractivity contribution in [3.8, 4) is 0 Å². The highest BCUT2D eigenvalue weighted by molar-refractivity contribution is 5.55. The van der Waals surface area contributed by atoms with Crippen LogP contribution in [0.3, 0.4) is 0 Å². The van der Waals surface area contributed by atoms with Crippen molar-refractivity contribution in [3.63, 3.8) is 0 Å². The van der Waals surface area contributed by atoms with E-state index in [1.54, 1.807) is 0 Å². The summed E-state index contributed by atoms with van der Waals surface area (Å²) in [6.07, 6.45) is 9.72. The standard InChI is InChI=1S/C19H30N2/c1-3-21(18-7-5-4-6-8-18)19-12-9-16(13-15(19)2)14-20-17-10-11-17/h9,12-13,17-18,20H,3-8,10-11,14H2,1-2H3. The van der Waals surface area contributed by atoms with Crippen LogP contribution in [-0.2, 0) is 6.54 Å². The lowest BCUT2D eigenvalue weighted by atomic mass is 9.93. The van der Waals surface area contributed by atoms with Gasteiger partial charge in [-0.1, -0.05) is 31.4 Å². The molecule has 3 rings (SSSR count). The van der Waals surface area contributed by atoms with E-state index in [4.69, 9.17) is 0 Å². The molecule has 2 fully saturated rings. The summed E-state index contributed by atoms with van der Waals surface area (Å²) in [6.45, 7) is 6.74. The molecule has 21 heavy (non-hydrogen) atoms. The molecular formula is C19H30N2. The monoisotopic (exact) mass is 286 g/mol. The summed E-state index contributed by atoms with van der Waals surface area (Å²) < 4.78 is 0. The molecule has 0 radical (unpaired) electrons. The zero-order chi connectivity index (χ0) is 14.7. The van der Waals surface area contributed by atoms with Gasteiger partial charge in [-0.05, 0) is 56.7 Å². The Morgan fingerprint density at radius 3 is 2.48 bits per heavy atom. The summed E-state index contributed by atoms with van der Waals surface area (Å²) in [5, 5.41) is 3.61. The van der Waals surface area contributed by atoms with Gasteiger partial charge < -0.3 is 10.2 Å². The van der Waals surface area contributed by atoms with Gasteiger partial charge in [0.2, 0.25) is 0 Å². The van der Waals surface area contributed by atoms with Gasteiger partial charge in [0.15, 0.2) is 0 Å². The van der Waals surface area contributed by atoms with E-state index in [0.29, 0.717) is 0 Å². The molecule has 1 N–H and O–H groups in total. The molecule has 0 atom stereocenters. The van der Waals surface area contributed by atoms with E-state index in [1.165, 1.54) is 61.8 Å². The van der Waals surface area contributed by atoms with E-state index in [2.05, 4.69) is 42.3 Å². The minimum Gasteiger partial charge on any atom is -0.369 e. The first-order valence-electron chi connectivity index (χ1n) is 8.87. The number of benzene rings is 1. The third-order valence-electron chi connectivity index (χ3n) is 5.10. The molecule has 0 amide bonds. The molecule has 0 aromatic heterocycles. The molecule has 1 aromatic rings. The number of anilines is 1. The van der Waals surface area contributed by atoms with Crippen LogP contribution in [0, 0.1) is 6.92 Å². The van der Waals surface area contributed by atoms with Crippen molar-refractivity contribution in [3.05, 3.63) is 29.3 Å². The van der Waals surface area contributed by atoms with Crippen LogP contribution in [0.25, 0.3) is 0 Å². The highest BCUT2D eigenvalue weighted by atomic mass is 15.2. The third-order valence-corrected chi connectivity index (χ3v) is 5.10. The normalized spacial score (nSPS) is 19.7.